The SMILES string of the molecule is CC(C)NC(=O)Nc1cccc2c1O[C@@H](CN(C)S(=O)(=O)c1cn(C)cn1)[C@@H](C)CN([C@@H](C)CO)C2=O. The normalized spacial score (nSPS) is 19.2. The number of imidazole rings is 1. The van der Waals surface area contributed by atoms with E-state index in [2.05, 4.69) is 15.6 Å². The molecule has 13 heteroatoms. The second-order valence-corrected chi connectivity index (χ2v) is 11.7. The number of carbonyl (C=O) groups excluding carboxylic acids is 2. The first-order valence-electron chi connectivity index (χ1n) is 12.1. The molecular weight excluding hydrogens is 500 g/mol. The van der Waals surface area contributed by atoms with Gasteiger partial charge in [0.05, 0.1) is 36.8 Å². The zero-order valence-electron chi connectivity index (χ0n) is 22.0. The summed E-state index contributed by atoms with van der Waals surface area (Å²) in [4.78, 5) is 31.5. The van der Waals surface area contributed by atoms with Crippen LogP contribution in [0, 0.1) is 5.92 Å². The summed E-state index contributed by atoms with van der Waals surface area (Å²) in [5, 5.41) is 15.2. The van der Waals surface area contributed by atoms with Crippen LogP contribution in [0.4, 0.5) is 10.5 Å². The predicted octanol–water partition coefficient (Wildman–Crippen LogP) is 1.49. The molecule has 0 bridgehead atoms. The van der Waals surface area contributed by atoms with Gasteiger partial charge in [0.2, 0.25) is 0 Å². The summed E-state index contributed by atoms with van der Waals surface area (Å²) >= 11 is 0. The Balaban J connectivity index is 2.02. The highest BCUT2D eigenvalue weighted by Crippen LogP contribution is 2.35. The third-order valence-corrected chi connectivity index (χ3v) is 7.86. The van der Waals surface area contributed by atoms with Crippen molar-refractivity contribution in [2.45, 2.75) is 50.9 Å². The Hall–Kier alpha value is -3.16. The first-order valence-corrected chi connectivity index (χ1v) is 13.5. The smallest absolute Gasteiger partial charge is 0.319 e. The molecule has 1 aromatic carbocycles. The summed E-state index contributed by atoms with van der Waals surface area (Å²) in [6.45, 7) is 7.16. The molecule has 1 aromatic heterocycles. The number of amides is 3. The zero-order valence-corrected chi connectivity index (χ0v) is 22.8. The Kier molecular flexibility index (Phi) is 8.82. The van der Waals surface area contributed by atoms with Crippen LogP contribution in [-0.2, 0) is 17.1 Å². The second-order valence-electron chi connectivity index (χ2n) is 9.72. The summed E-state index contributed by atoms with van der Waals surface area (Å²) in [6.07, 6.45) is 2.13. The fraction of sp³-hybridized carbons (Fsp3) is 0.542. The van der Waals surface area contributed by atoms with Crippen LogP contribution < -0.4 is 15.4 Å². The van der Waals surface area contributed by atoms with Gasteiger partial charge in [-0.2, -0.15) is 4.31 Å². The molecule has 12 nitrogen and oxygen atoms in total. The maximum absolute atomic E-state index is 13.5. The molecule has 204 valence electrons. The molecule has 0 spiro atoms. The van der Waals surface area contributed by atoms with E-state index in [1.165, 1.54) is 23.9 Å². The number of para-hydroxylation sites is 1. The Morgan fingerprint density at radius 3 is 2.62 bits per heavy atom. The molecule has 3 N–H and O–H groups in total. The molecule has 0 saturated heterocycles. The number of likely N-dealkylation sites (N-methyl/N-ethyl adjacent to an activating group) is 1. The van der Waals surface area contributed by atoms with Gasteiger partial charge >= 0.3 is 6.03 Å². The molecule has 3 amide bonds. The van der Waals surface area contributed by atoms with E-state index in [1.54, 1.807) is 41.6 Å². The quantitative estimate of drug-likeness (QED) is 0.463. The molecule has 37 heavy (non-hydrogen) atoms. The van der Waals surface area contributed by atoms with Gasteiger partial charge in [-0.25, -0.2) is 18.2 Å². The predicted molar refractivity (Wildman–Crippen MR) is 138 cm³/mol. The third-order valence-electron chi connectivity index (χ3n) is 6.15. The molecule has 0 radical (unpaired) electrons. The van der Waals surface area contributed by atoms with Gasteiger partial charge in [0.1, 0.15) is 6.10 Å². The van der Waals surface area contributed by atoms with Crippen LogP contribution >= 0.6 is 0 Å². The van der Waals surface area contributed by atoms with Crippen LogP contribution in [0.1, 0.15) is 38.1 Å². The summed E-state index contributed by atoms with van der Waals surface area (Å²) < 4.78 is 35.3. The van der Waals surface area contributed by atoms with Gasteiger partial charge in [-0.05, 0) is 32.9 Å². The highest BCUT2D eigenvalue weighted by molar-refractivity contribution is 7.89. The van der Waals surface area contributed by atoms with Crippen molar-refractivity contribution in [3.05, 3.63) is 36.3 Å². The number of aromatic nitrogens is 2. The van der Waals surface area contributed by atoms with E-state index in [0.717, 1.165) is 0 Å². The number of ether oxygens (including phenoxy) is 1. The Morgan fingerprint density at radius 2 is 2.03 bits per heavy atom. The number of rotatable bonds is 8. The minimum atomic E-state index is -3.91. The van der Waals surface area contributed by atoms with Gasteiger partial charge in [0, 0.05) is 38.8 Å². The van der Waals surface area contributed by atoms with Crippen molar-refractivity contribution in [3.63, 3.8) is 0 Å². The average molecular weight is 537 g/mol. The number of aryl methyl sites for hydroxylation is 1. The van der Waals surface area contributed by atoms with E-state index in [-0.39, 0.29) is 59.6 Å². The fourth-order valence-corrected chi connectivity index (χ4v) is 5.16. The number of fused-ring (bicyclic) bond motifs is 1. The summed E-state index contributed by atoms with van der Waals surface area (Å²) in [5.41, 5.74) is 0.477. The van der Waals surface area contributed by atoms with Gasteiger partial charge < -0.3 is 29.9 Å². The van der Waals surface area contributed by atoms with Crippen LogP contribution in [0.3, 0.4) is 0 Å². The number of aliphatic hydroxyl groups excluding tert-OH is 1. The number of urea groups is 1. The Bertz CT molecular complexity index is 1230. The molecule has 3 rings (SSSR count). The molecule has 1 aliphatic rings. The highest BCUT2D eigenvalue weighted by Gasteiger charge is 2.36. The van der Waals surface area contributed by atoms with Crippen LogP contribution in [0.15, 0.2) is 35.7 Å². The first-order chi connectivity index (χ1) is 17.3. The number of hydrogen-bond acceptors (Lipinski definition) is 7. The Morgan fingerprint density at radius 1 is 1.32 bits per heavy atom. The van der Waals surface area contributed by atoms with E-state index in [1.807, 2.05) is 20.8 Å². The third kappa shape index (κ3) is 6.40. The van der Waals surface area contributed by atoms with Crippen LogP contribution in [0.5, 0.6) is 5.75 Å². The van der Waals surface area contributed by atoms with Crippen LogP contribution in [-0.4, -0.2) is 89.2 Å². The number of nitrogens with zero attached hydrogens (tertiary/aromatic N) is 4. The number of nitrogens with one attached hydrogen (secondary N) is 2. The van der Waals surface area contributed by atoms with Gasteiger partial charge in [0.25, 0.3) is 15.9 Å². The minimum Gasteiger partial charge on any atom is -0.486 e. The molecule has 0 fully saturated rings. The molecule has 0 aliphatic carbocycles. The van der Waals surface area contributed by atoms with Crippen molar-refractivity contribution in [2.24, 2.45) is 13.0 Å². The maximum atomic E-state index is 13.5. The van der Waals surface area contributed by atoms with Crippen molar-refractivity contribution in [3.8, 4) is 5.75 Å². The van der Waals surface area contributed by atoms with Gasteiger partial charge in [0.15, 0.2) is 10.8 Å². The number of aliphatic hydroxyl groups is 1. The molecule has 3 atom stereocenters. The molecule has 1 aliphatic heterocycles. The topological polar surface area (TPSA) is 146 Å². The Labute approximate surface area is 217 Å². The summed E-state index contributed by atoms with van der Waals surface area (Å²) in [6, 6.07) is 3.75. The van der Waals surface area contributed by atoms with Crippen molar-refractivity contribution < 1.29 is 27.9 Å². The van der Waals surface area contributed by atoms with E-state index < -0.39 is 28.2 Å². The minimum absolute atomic E-state index is 0.0401. The van der Waals surface area contributed by atoms with E-state index in [4.69, 9.17) is 4.74 Å². The molecule has 2 heterocycles. The standard InChI is InChI=1S/C24H36N6O6S/c1-15(2)26-24(33)27-19-9-7-8-18-22(19)36-20(16(3)10-30(23(18)32)17(4)13-31)11-29(6)37(34,35)21-12-28(5)14-25-21/h7-9,12,14-17,20,31H,10-11,13H2,1-6H3,(H2,26,27,33)/t16-,17-,20-/m0/s1. The fourth-order valence-electron chi connectivity index (χ4n) is 4.01. The molecule has 0 unspecified atom stereocenters. The second kappa shape index (κ2) is 11.5. The lowest BCUT2D eigenvalue weighted by atomic mass is 9.99. The number of benzene rings is 1. The van der Waals surface area contributed by atoms with E-state index in [0.29, 0.717) is 0 Å². The van der Waals surface area contributed by atoms with Crippen molar-refractivity contribution in [1.29, 1.82) is 0 Å². The van der Waals surface area contributed by atoms with Gasteiger partial charge in [-0.3, -0.25) is 4.79 Å². The molecule has 0 saturated carbocycles. The lowest BCUT2D eigenvalue weighted by Gasteiger charge is -2.38. The first kappa shape index (κ1) is 28.4. The summed E-state index contributed by atoms with van der Waals surface area (Å²) in [7, 11) is -0.781. The van der Waals surface area contributed by atoms with Gasteiger partial charge in [-0.15, -0.1) is 0 Å². The molecular formula is C24H36N6O6S. The highest BCUT2D eigenvalue weighted by atomic mass is 32.2. The van der Waals surface area contributed by atoms with Crippen LogP contribution in [0.2, 0.25) is 0 Å². The average Bonchev–Trinajstić information content (AvgIpc) is 3.27. The number of anilines is 1. The zero-order chi connectivity index (χ0) is 27.5. The van der Waals surface area contributed by atoms with Gasteiger partial charge in [-0.1, -0.05) is 13.0 Å². The molecule has 2 aromatic rings. The number of hydrogen-bond donors (Lipinski definition) is 3. The van der Waals surface area contributed by atoms with Crippen LogP contribution in [0.25, 0.3) is 0 Å². The lowest BCUT2D eigenvalue weighted by Crippen LogP contribution is -2.50. The van der Waals surface area contributed by atoms with Crippen molar-refractivity contribution in [2.75, 3.05) is 32.1 Å². The van der Waals surface area contributed by atoms with E-state index >= 15 is 0 Å². The number of sulfonamides is 1. The number of carbonyl (C=O) groups is 2. The van der Waals surface area contributed by atoms with Crippen molar-refractivity contribution in [1.82, 2.24) is 24.1 Å². The van der Waals surface area contributed by atoms with E-state index in [9.17, 15) is 23.1 Å². The monoisotopic (exact) mass is 536 g/mol. The lowest BCUT2D eigenvalue weighted by molar-refractivity contribution is 0.0389. The largest absolute Gasteiger partial charge is 0.486 e. The maximum Gasteiger partial charge on any atom is 0.319 e. The van der Waals surface area contributed by atoms with Crippen molar-refractivity contribution >= 4 is 27.6 Å². The summed E-state index contributed by atoms with van der Waals surface area (Å²) in [5.74, 6) is -0.545.